The van der Waals surface area contributed by atoms with E-state index in [4.69, 9.17) is 0 Å². The molecule has 116 valence electrons. The minimum Gasteiger partial charge on any atom is -0.207 e. The molecule has 0 amide bonds. The highest BCUT2D eigenvalue weighted by molar-refractivity contribution is 9.10. The standard InChI is InChI=1S/C17H18BrNO2S/c1-12(14-6-5-13-3-2-4-15(13)11-14)19-22(20,21)17-9-7-16(18)8-10-17/h5-12,19H,2-4H2,1H3/t12-/m0/s1. The largest absolute Gasteiger partial charge is 0.241 e. The second-order valence-electron chi connectivity index (χ2n) is 5.68. The first-order valence-corrected chi connectivity index (χ1v) is 9.63. The van der Waals surface area contributed by atoms with E-state index in [0.717, 1.165) is 22.9 Å². The molecule has 0 saturated heterocycles. The van der Waals surface area contributed by atoms with Crippen molar-refractivity contribution in [2.75, 3.05) is 0 Å². The normalized spacial score (nSPS) is 15.5. The van der Waals surface area contributed by atoms with Gasteiger partial charge in [0.15, 0.2) is 0 Å². The maximum Gasteiger partial charge on any atom is 0.241 e. The molecular weight excluding hydrogens is 362 g/mol. The van der Waals surface area contributed by atoms with Gasteiger partial charge in [0, 0.05) is 10.5 Å². The van der Waals surface area contributed by atoms with Crippen LogP contribution in [0.15, 0.2) is 51.8 Å². The highest BCUT2D eigenvalue weighted by Crippen LogP contribution is 2.26. The zero-order valence-electron chi connectivity index (χ0n) is 12.3. The Kier molecular flexibility index (Phi) is 4.39. The number of fused-ring (bicyclic) bond motifs is 1. The van der Waals surface area contributed by atoms with Crippen molar-refractivity contribution in [3.05, 3.63) is 63.6 Å². The number of benzene rings is 2. The van der Waals surface area contributed by atoms with E-state index in [2.05, 4.69) is 32.8 Å². The van der Waals surface area contributed by atoms with Crippen LogP contribution in [-0.4, -0.2) is 8.42 Å². The maximum absolute atomic E-state index is 12.4. The van der Waals surface area contributed by atoms with E-state index in [0.29, 0.717) is 0 Å². The molecule has 0 spiro atoms. The number of hydrogen-bond acceptors (Lipinski definition) is 2. The van der Waals surface area contributed by atoms with Gasteiger partial charge in [-0.3, -0.25) is 0 Å². The van der Waals surface area contributed by atoms with E-state index >= 15 is 0 Å². The lowest BCUT2D eigenvalue weighted by molar-refractivity contribution is 0.567. The Morgan fingerprint density at radius 3 is 2.45 bits per heavy atom. The molecule has 3 rings (SSSR count). The molecule has 22 heavy (non-hydrogen) atoms. The molecule has 0 unspecified atom stereocenters. The average Bonchev–Trinajstić information content (AvgIpc) is 2.94. The van der Waals surface area contributed by atoms with Gasteiger partial charge >= 0.3 is 0 Å². The fraction of sp³-hybridized carbons (Fsp3) is 0.294. The predicted molar refractivity (Wildman–Crippen MR) is 91.3 cm³/mol. The summed E-state index contributed by atoms with van der Waals surface area (Å²) in [6.07, 6.45) is 3.42. The van der Waals surface area contributed by atoms with Crippen LogP contribution in [0.4, 0.5) is 0 Å². The highest BCUT2D eigenvalue weighted by atomic mass is 79.9. The van der Waals surface area contributed by atoms with Gasteiger partial charge in [0.2, 0.25) is 10.0 Å². The first-order valence-electron chi connectivity index (χ1n) is 7.35. The Bertz CT molecular complexity index is 785. The van der Waals surface area contributed by atoms with Crippen molar-refractivity contribution < 1.29 is 8.42 Å². The number of sulfonamides is 1. The summed E-state index contributed by atoms with van der Waals surface area (Å²) in [6.45, 7) is 1.88. The molecule has 0 fully saturated rings. The number of aryl methyl sites for hydroxylation is 2. The summed E-state index contributed by atoms with van der Waals surface area (Å²) < 4.78 is 28.5. The van der Waals surface area contributed by atoms with E-state index in [-0.39, 0.29) is 10.9 Å². The van der Waals surface area contributed by atoms with E-state index < -0.39 is 10.0 Å². The Hall–Kier alpha value is -1.17. The third kappa shape index (κ3) is 3.26. The Morgan fingerprint density at radius 2 is 1.73 bits per heavy atom. The quantitative estimate of drug-likeness (QED) is 0.872. The van der Waals surface area contributed by atoms with Gasteiger partial charge in [0.1, 0.15) is 0 Å². The lowest BCUT2D eigenvalue weighted by Crippen LogP contribution is -2.27. The maximum atomic E-state index is 12.4. The van der Waals surface area contributed by atoms with E-state index in [9.17, 15) is 8.42 Å². The zero-order chi connectivity index (χ0) is 15.7. The van der Waals surface area contributed by atoms with E-state index in [1.54, 1.807) is 24.3 Å². The topological polar surface area (TPSA) is 46.2 Å². The molecule has 3 nitrogen and oxygen atoms in total. The second-order valence-corrected chi connectivity index (χ2v) is 8.31. The highest BCUT2D eigenvalue weighted by Gasteiger charge is 2.19. The molecule has 0 heterocycles. The zero-order valence-corrected chi connectivity index (χ0v) is 14.7. The van der Waals surface area contributed by atoms with E-state index in [1.165, 1.54) is 17.5 Å². The van der Waals surface area contributed by atoms with Crippen LogP contribution in [0, 0.1) is 0 Å². The Morgan fingerprint density at radius 1 is 1.05 bits per heavy atom. The van der Waals surface area contributed by atoms with Gasteiger partial charge in [-0.1, -0.05) is 34.1 Å². The number of hydrogen-bond donors (Lipinski definition) is 1. The molecule has 1 N–H and O–H groups in total. The van der Waals surface area contributed by atoms with Crippen molar-refractivity contribution >= 4 is 26.0 Å². The molecule has 0 saturated carbocycles. The summed E-state index contributed by atoms with van der Waals surface area (Å²) in [5.74, 6) is 0. The fourth-order valence-corrected chi connectivity index (χ4v) is 4.34. The number of halogens is 1. The summed E-state index contributed by atoms with van der Waals surface area (Å²) in [6, 6.07) is 12.7. The molecule has 5 heteroatoms. The predicted octanol–water partition coefficient (Wildman–Crippen LogP) is 3.98. The van der Waals surface area contributed by atoms with Gasteiger partial charge < -0.3 is 0 Å². The number of nitrogens with one attached hydrogen (secondary N) is 1. The summed E-state index contributed by atoms with van der Waals surface area (Å²) in [5.41, 5.74) is 3.76. The van der Waals surface area contributed by atoms with Gasteiger partial charge in [-0.15, -0.1) is 0 Å². The van der Waals surface area contributed by atoms with Crippen LogP contribution in [-0.2, 0) is 22.9 Å². The Labute approximate surface area is 139 Å². The summed E-state index contributed by atoms with van der Waals surface area (Å²) in [4.78, 5) is 0.281. The van der Waals surface area contributed by atoms with Gasteiger partial charge in [-0.2, -0.15) is 0 Å². The van der Waals surface area contributed by atoms with Crippen molar-refractivity contribution in [3.8, 4) is 0 Å². The van der Waals surface area contributed by atoms with Crippen molar-refractivity contribution in [1.82, 2.24) is 4.72 Å². The minimum atomic E-state index is -3.51. The average molecular weight is 380 g/mol. The Balaban J connectivity index is 1.81. The van der Waals surface area contributed by atoms with E-state index in [1.807, 2.05) is 13.0 Å². The lowest BCUT2D eigenvalue weighted by Gasteiger charge is -2.16. The van der Waals surface area contributed by atoms with Crippen molar-refractivity contribution in [2.45, 2.75) is 37.1 Å². The molecule has 1 atom stereocenters. The van der Waals surface area contributed by atoms with Crippen LogP contribution in [0.25, 0.3) is 0 Å². The van der Waals surface area contributed by atoms with Crippen LogP contribution in [0.2, 0.25) is 0 Å². The van der Waals surface area contributed by atoms with Crippen LogP contribution in [0.3, 0.4) is 0 Å². The third-order valence-electron chi connectivity index (χ3n) is 4.08. The van der Waals surface area contributed by atoms with Crippen LogP contribution < -0.4 is 4.72 Å². The van der Waals surface area contributed by atoms with Crippen molar-refractivity contribution in [3.63, 3.8) is 0 Å². The first kappa shape index (κ1) is 15.7. The SMILES string of the molecule is C[C@H](NS(=O)(=O)c1ccc(Br)cc1)c1ccc2c(c1)CCC2. The first-order chi connectivity index (χ1) is 10.5. The minimum absolute atomic E-state index is 0.250. The molecule has 0 bridgehead atoms. The van der Waals surface area contributed by atoms with Gasteiger partial charge in [0.05, 0.1) is 4.90 Å². The van der Waals surface area contributed by atoms with Crippen LogP contribution in [0.5, 0.6) is 0 Å². The van der Waals surface area contributed by atoms with Gasteiger partial charge in [0.25, 0.3) is 0 Å². The second kappa shape index (κ2) is 6.14. The molecule has 2 aromatic rings. The summed E-state index contributed by atoms with van der Waals surface area (Å²) in [5, 5.41) is 0. The monoisotopic (exact) mass is 379 g/mol. The molecule has 1 aliphatic carbocycles. The fourth-order valence-electron chi connectivity index (χ4n) is 2.84. The molecular formula is C17H18BrNO2S. The molecule has 0 radical (unpaired) electrons. The molecule has 1 aliphatic rings. The lowest BCUT2D eigenvalue weighted by atomic mass is 10.0. The van der Waals surface area contributed by atoms with Crippen molar-refractivity contribution in [2.24, 2.45) is 0 Å². The van der Waals surface area contributed by atoms with Crippen LogP contribution >= 0.6 is 15.9 Å². The molecule has 0 aliphatic heterocycles. The summed E-state index contributed by atoms with van der Waals surface area (Å²) in [7, 11) is -3.51. The van der Waals surface area contributed by atoms with Crippen LogP contribution in [0.1, 0.15) is 36.1 Å². The van der Waals surface area contributed by atoms with Gasteiger partial charge in [-0.25, -0.2) is 13.1 Å². The summed E-state index contributed by atoms with van der Waals surface area (Å²) >= 11 is 3.31. The molecule has 0 aromatic heterocycles. The smallest absolute Gasteiger partial charge is 0.207 e. The van der Waals surface area contributed by atoms with Crippen molar-refractivity contribution in [1.29, 1.82) is 0 Å². The number of rotatable bonds is 4. The third-order valence-corrected chi connectivity index (χ3v) is 6.16. The molecule has 2 aromatic carbocycles. The van der Waals surface area contributed by atoms with Gasteiger partial charge in [-0.05, 0) is 67.1 Å².